The normalized spacial score (nSPS) is 17.7. The number of carbonyl (C=O) groups is 3. The highest BCUT2D eigenvalue weighted by Crippen LogP contribution is 2.43. The van der Waals surface area contributed by atoms with Gasteiger partial charge in [-0.25, -0.2) is 9.59 Å². The quantitative estimate of drug-likeness (QED) is 0.212. The van der Waals surface area contributed by atoms with Gasteiger partial charge in [-0.3, -0.25) is 9.69 Å². The molecule has 7 nitrogen and oxygen atoms in total. The van der Waals surface area contributed by atoms with Gasteiger partial charge in [-0.2, -0.15) is 0 Å². The molecule has 0 saturated heterocycles. The second kappa shape index (κ2) is 13.1. The molecular formula is C32H31N3O4S2. The lowest BCUT2D eigenvalue weighted by Gasteiger charge is -2.40. The van der Waals surface area contributed by atoms with E-state index >= 15 is 0 Å². The maximum Gasteiger partial charge on any atom is 0.338 e. The van der Waals surface area contributed by atoms with Crippen LogP contribution in [-0.2, 0) is 9.53 Å². The molecule has 9 heteroatoms. The van der Waals surface area contributed by atoms with Gasteiger partial charge in [-0.1, -0.05) is 49.4 Å². The first-order valence-electron chi connectivity index (χ1n) is 13.5. The van der Waals surface area contributed by atoms with Gasteiger partial charge in [0.2, 0.25) is 5.91 Å². The van der Waals surface area contributed by atoms with Crippen LogP contribution in [0.25, 0.3) is 0 Å². The maximum atomic E-state index is 13.6. The van der Waals surface area contributed by atoms with Crippen LogP contribution in [0.15, 0.2) is 107 Å². The SMILES string of the molecule is CCOC(=O)c1ccc(NC(=O)C(CC)Sc2cccc(NC(=O)N3c4ccccc4SC4C=CC=CC43)c2)cc1. The summed E-state index contributed by atoms with van der Waals surface area (Å²) in [6, 6.07) is 21.9. The van der Waals surface area contributed by atoms with E-state index in [0.29, 0.717) is 30.0 Å². The second-order valence-corrected chi connectivity index (χ2v) is 11.9. The smallest absolute Gasteiger partial charge is 0.338 e. The molecule has 3 unspecified atom stereocenters. The molecule has 5 rings (SSSR count). The van der Waals surface area contributed by atoms with Crippen molar-refractivity contribution < 1.29 is 19.1 Å². The van der Waals surface area contributed by atoms with E-state index in [1.165, 1.54) is 11.8 Å². The Labute approximate surface area is 248 Å². The molecule has 0 spiro atoms. The Morgan fingerprint density at radius 2 is 1.71 bits per heavy atom. The lowest BCUT2D eigenvalue weighted by Crippen LogP contribution is -2.49. The summed E-state index contributed by atoms with van der Waals surface area (Å²) in [5.41, 5.74) is 2.59. The maximum absolute atomic E-state index is 13.6. The first-order valence-corrected chi connectivity index (χ1v) is 15.3. The van der Waals surface area contributed by atoms with Gasteiger partial charge < -0.3 is 15.4 Å². The third kappa shape index (κ3) is 6.69. The van der Waals surface area contributed by atoms with E-state index < -0.39 is 5.97 Å². The third-order valence-electron chi connectivity index (χ3n) is 6.65. The summed E-state index contributed by atoms with van der Waals surface area (Å²) in [5.74, 6) is -0.531. The van der Waals surface area contributed by atoms with Gasteiger partial charge in [0, 0.05) is 21.2 Å². The monoisotopic (exact) mass is 585 g/mol. The molecule has 210 valence electrons. The fourth-order valence-corrected chi connectivity index (χ4v) is 6.94. The minimum absolute atomic E-state index is 0.0861. The van der Waals surface area contributed by atoms with Crippen LogP contribution in [0, 0.1) is 0 Å². The summed E-state index contributed by atoms with van der Waals surface area (Å²) >= 11 is 3.21. The number of nitrogens with one attached hydrogen (secondary N) is 2. The molecule has 0 bridgehead atoms. The highest BCUT2D eigenvalue weighted by atomic mass is 32.2. The minimum atomic E-state index is -0.394. The number of urea groups is 1. The molecule has 41 heavy (non-hydrogen) atoms. The molecule has 0 aromatic heterocycles. The number of benzene rings is 3. The molecule has 2 N–H and O–H groups in total. The Morgan fingerprint density at radius 3 is 2.49 bits per heavy atom. The van der Waals surface area contributed by atoms with Crippen LogP contribution in [0.3, 0.4) is 0 Å². The fourth-order valence-electron chi connectivity index (χ4n) is 4.67. The van der Waals surface area contributed by atoms with Crippen LogP contribution in [0.4, 0.5) is 21.9 Å². The number of esters is 1. The van der Waals surface area contributed by atoms with E-state index in [2.05, 4.69) is 22.8 Å². The Hall–Kier alpha value is -3.95. The van der Waals surface area contributed by atoms with Crippen molar-refractivity contribution in [3.8, 4) is 0 Å². The zero-order valence-electron chi connectivity index (χ0n) is 22.8. The second-order valence-electron chi connectivity index (χ2n) is 9.44. The number of hydrogen-bond acceptors (Lipinski definition) is 6. The largest absolute Gasteiger partial charge is 0.462 e. The number of hydrogen-bond donors (Lipinski definition) is 2. The number of ether oxygens (including phenoxy) is 1. The highest BCUT2D eigenvalue weighted by Gasteiger charge is 2.36. The van der Waals surface area contributed by atoms with E-state index in [9.17, 15) is 14.4 Å². The lowest BCUT2D eigenvalue weighted by molar-refractivity contribution is -0.115. The van der Waals surface area contributed by atoms with Gasteiger partial charge >= 0.3 is 12.0 Å². The van der Waals surface area contributed by atoms with Crippen LogP contribution in [0.2, 0.25) is 0 Å². The van der Waals surface area contributed by atoms with E-state index in [1.54, 1.807) is 43.0 Å². The van der Waals surface area contributed by atoms with Gasteiger partial charge in [0.15, 0.2) is 0 Å². The van der Waals surface area contributed by atoms with Crippen LogP contribution in [0.1, 0.15) is 30.6 Å². The van der Waals surface area contributed by atoms with Crippen molar-refractivity contribution in [1.82, 2.24) is 0 Å². The van der Waals surface area contributed by atoms with Crippen LogP contribution >= 0.6 is 23.5 Å². The molecule has 0 fully saturated rings. The number of amides is 3. The molecule has 3 atom stereocenters. The first kappa shape index (κ1) is 28.6. The molecule has 1 aliphatic carbocycles. The molecule has 0 radical (unpaired) electrons. The fraction of sp³-hybridized carbons (Fsp3) is 0.219. The Balaban J connectivity index is 1.25. The van der Waals surface area contributed by atoms with Crippen molar-refractivity contribution in [2.24, 2.45) is 0 Å². The van der Waals surface area contributed by atoms with E-state index in [1.807, 2.05) is 72.5 Å². The van der Waals surface area contributed by atoms with Gasteiger partial charge in [0.05, 0.1) is 34.4 Å². The molecule has 3 aromatic carbocycles. The predicted octanol–water partition coefficient (Wildman–Crippen LogP) is 7.38. The number of rotatable bonds is 8. The number of anilines is 3. The zero-order valence-corrected chi connectivity index (χ0v) is 24.4. The molecule has 3 amide bonds. The summed E-state index contributed by atoms with van der Waals surface area (Å²) in [6.07, 6.45) is 8.82. The van der Waals surface area contributed by atoms with Crippen molar-refractivity contribution in [3.63, 3.8) is 0 Å². The van der Waals surface area contributed by atoms with Crippen LogP contribution < -0.4 is 15.5 Å². The summed E-state index contributed by atoms with van der Waals surface area (Å²) in [7, 11) is 0. The molecule has 2 aliphatic rings. The molecular weight excluding hydrogens is 555 g/mol. The topological polar surface area (TPSA) is 87.7 Å². The number of carbonyl (C=O) groups excluding carboxylic acids is 3. The number of nitrogens with zero attached hydrogens (tertiary/aromatic N) is 1. The van der Waals surface area contributed by atoms with E-state index in [4.69, 9.17) is 4.74 Å². The summed E-state index contributed by atoms with van der Waals surface area (Å²) in [5, 5.41) is 5.81. The molecule has 0 saturated carbocycles. The van der Waals surface area contributed by atoms with E-state index in [-0.39, 0.29) is 28.5 Å². The Bertz CT molecular complexity index is 1490. The van der Waals surface area contributed by atoms with E-state index in [0.717, 1.165) is 15.5 Å². The van der Waals surface area contributed by atoms with Crippen molar-refractivity contribution in [3.05, 3.63) is 103 Å². The average molecular weight is 586 g/mol. The number of thioether (sulfide) groups is 2. The number of para-hydroxylation sites is 1. The van der Waals surface area contributed by atoms with Crippen LogP contribution in [-0.4, -0.2) is 41.1 Å². The first-order chi connectivity index (χ1) is 20.0. The van der Waals surface area contributed by atoms with Crippen molar-refractivity contribution in [2.75, 3.05) is 22.1 Å². The molecule has 1 heterocycles. The highest BCUT2D eigenvalue weighted by molar-refractivity contribution is 8.00. The van der Waals surface area contributed by atoms with Gasteiger partial charge in [-0.15, -0.1) is 23.5 Å². The molecule has 3 aromatic rings. The zero-order chi connectivity index (χ0) is 28.8. The Morgan fingerprint density at radius 1 is 0.927 bits per heavy atom. The van der Waals surface area contributed by atoms with Crippen LogP contribution in [0.5, 0.6) is 0 Å². The van der Waals surface area contributed by atoms with Gasteiger partial charge in [0.1, 0.15) is 0 Å². The van der Waals surface area contributed by atoms with Crippen molar-refractivity contribution in [2.45, 2.75) is 46.6 Å². The third-order valence-corrected chi connectivity index (χ3v) is 9.32. The number of fused-ring (bicyclic) bond motifs is 2. The molecule has 1 aliphatic heterocycles. The standard InChI is InChI=1S/C32H31N3O4S2/c1-3-27(30(36)33-22-18-16-21(17-19-22)31(37)39-4-2)40-24-11-9-10-23(20-24)34-32(38)35-25-12-5-7-14-28(25)41-29-15-8-6-13-26(29)35/h5-20,25,27-28H,3-4H2,1-2H3,(H,33,36)(H,34,38). The predicted molar refractivity (Wildman–Crippen MR) is 167 cm³/mol. The minimum Gasteiger partial charge on any atom is -0.462 e. The average Bonchev–Trinajstić information content (AvgIpc) is 2.99. The lowest BCUT2D eigenvalue weighted by atomic mass is 10.1. The van der Waals surface area contributed by atoms with Gasteiger partial charge in [0.25, 0.3) is 0 Å². The summed E-state index contributed by atoms with van der Waals surface area (Å²) < 4.78 is 5.01. The van der Waals surface area contributed by atoms with Gasteiger partial charge in [-0.05, 0) is 67.9 Å². The van der Waals surface area contributed by atoms with Crippen molar-refractivity contribution in [1.29, 1.82) is 0 Å². The summed E-state index contributed by atoms with van der Waals surface area (Å²) in [6.45, 7) is 4.02. The summed E-state index contributed by atoms with van der Waals surface area (Å²) in [4.78, 5) is 42.4. The van der Waals surface area contributed by atoms with Crippen molar-refractivity contribution >= 4 is 58.5 Å². The Kier molecular flexibility index (Phi) is 9.16. The number of allylic oxidation sites excluding steroid dienone is 2.